The summed E-state index contributed by atoms with van der Waals surface area (Å²) in [5, 5.41) is 14.2. The molecule has 0 radical (unpaired) electrons. The minimum absolute atomic E-state index is 0. The Kier molecular flexibility index (Phi) is 6.81. The first-order valence-electron chi connectivity index (χ1n) is 9.69. The summed E-state index contributed by atoms with van der Waals surface area (Å²) >= 11 is 0. The van der Waals surface area contributed by atoms with Crippen LogP contribution in [0.5, 0.6) is 5.75 Å². The summed E-state index contributed by atoms with van der Waals surface area (Å²) in [7, 11) is 0. The van der Waals surface area contributed by atoms with E-state index in [1.54, 1.807) is 24.4 Å². The molecule has 0 atom stereocenters. The van der Waals surface area contributed by atoms with Crippen LogP contribution in [0.15, 0.2) is 91.1 Å². The Balaban J connectivity index is 0.00000256. The summed E-state index contributed by atoms with van der Waals surface area (Å²) in [5.74, 6) is -0.192. The second kappa shape index (κ2) is 9.70. The van der Waals surface area contributed by atoms with E-state index in [-0.39, 0.29) is 30.6 Å². The van der Waals surface area contributed by atoms with Gasteiger partial charge in [0.1, 0.15) is 5.52 Å². The summed E-state index contributed by atoms with van der Waals surface area (Å²) in [6.45, 7) is 0.493. The third kappa shape index (κ3) is 4.49. The molecule has 0 saturated heterocycles. The van der Waals surface area contributed by atoms with E-state index in [4.69, 9.17) is 0 Å². The van der Waals surface area contributed by atoms with Crippen molar-refractivity contribution < 1.29 is 9.90 Å². The van der Waals surface area contributed by atoms with Crippen LogP contribution in [0.25, 0.3) is 10.9 Å². The molecular formula is C26H26N2O2. The highest BCUT2D eigenvalue weighted by Crippen LogP contribution is 2.28. The maximum atomic E-state index is 12.7. The van der Waals surface area contributed by atoms with Crippen LogP contribution in [0.3, 0.4) is 0 Å². The zero-order chi connectivity index (χ0) is 20.1. The van der Waals surface area contributed by atoms with E-state index in [0.29, 0.717) is 12.1 Å². The van der Waals surface area contributed by atoms with Gasteiger partial charge in [-0.3, -0.25) is 9.78 Å². The molecule has 0 aliphatic carbocycles. The number of phenolic OH excluding ortho intramolecular Hbond substituents is 1. The van der Waals surface area contributed by atoms with Gasteiger partial charge in [0.05, 0.1) is 5.56 Å². The number of amides is 1. The molecule has 0 aliphatic heterocycles. The lowest BCUT2D eigenvalue weighted by Gasteiger charge is -2.18. The standard InChI is InChI=1S/C25H22N2O2.CH4/c28-24-22(14-13-20-12-7-16-26-23(20)24)25(29)27-17-15-21(18-8-3-1-4-9-18)19-10-5-2-6-11-19;/h1-14,16,21,28H,15,17H2,(H,27,29);1H4. The van der Waals surface area contributed by atoms with Gasteiger partial charge in [0.15, 0.2) is 5.75 Å². The number of aromatic hydroxyl groups is 1. The van der Waals surface area contributed by atoms with Crippen LogP contribution in [0, 0.1) is 0 Å². The van der Waals surface area contributed by atoms with Crippen LogP contribution in [-0.2, 0) is 0 Å². The highest BCUT2D eigenvalue weighted by molar-refractivity contribution is 6.02. The van der Waals surface area contributed by atoms with Crippen molar-refractivity contribution in [1.29, 1.82) is 0 Å². The fourth-order valence-electron chi connectivity index (χ4n) is 3.63. The van der Waals surface area contributed by atoms with Gasteiger partial charge in [-0.15, -0.1) is 0 Å². The lowest BCUT2D eigenvalue weighted by Crippen LogP contribution is -2.26. The van der Waals surface area contributed by atoms with E-state index in [1.165, 1.54) is 11.1 Å². The molecule has 4 nitrogen and oxygen atoms in total. The first kappa shape index (κ1) is 21.1. The van der Waals surface area contributed by atoms with Gasteiger partial charge >= 0.3 is 0 Å². The van der Waals surface area contributed by atoms with Crippen molar-refractivity contribution in [3.05, 3.63) is 108 Å². The Labute approximate surface area is 177 Å². The number of hydrogen-bond donors (Lipinski definition) is 2. The summed E-state index contributed by atoms with van der Waals surface area (Å²) in [6.07, 6.45) is 2.36. The summed E-state index contributed by atoms with van der Waals surface area (Å²) in [5.41, 5.74) is 3.11. The lowest BCUT2D eigenvalue weighted by molar-refractivity contribution is 0.0950. The van der Waals surface area contributed by atoms with E-state index in [1.807, 2.05) is 42.5 Å². The molecule has 0 unspecified atom stereocenters. The zero-order valence-electron chi connectivity index (χ0n) is 16.0. The number of nitrogens with zero attached hydrogens (tertiary/aromatic N) is 1. The summed E-state index contributed by atoms with van der Waals surface area (Å²) < 4.78 is 0. The molecule has 30 heavy (non-hydrogen) atoms. The number of aromatic nitrogens is 1. The Morgan fingerprint density at radius 1 is 0.867 bits per heavy atom. The average molecular weight is 399 g/mol. The predicted molar refractivity (Wildman–Crippen MR) is 122 cm³/mol. The molecule has 0 aliphatic rings. The van der Waals surface area contributed by atoms with Crippen molar-refractivity contribution in [3.8, 4) is 5.75 Å². The number of benzene rings is 3. The summed E-state index contributed by atoms with van der Waals surface area (Å²) in [4.78, 5) is 16.8. The summed E-state index contributed by atoms with van der Waals surface area (Å²) in [6, 6.07) is 27.7. The second-order valence-electron chi connectivity index (χ2n) is 6.96. The molecule has 152 valence electrons. The van der Waals surface area contributed by atoms with Crippen LogP contribution in [-0.4, -0.2) is 22.5 Å². The van der Waals surface area contributed by atoms with E-state index >= 15 is 0 Å². The quantitative estimate of drug-likeness (QED) is 0.449. The minimum Gasteiger partial charge on any atom is -0.505 e. The fourth-order valence-corrected chi connectivity index (χ4v) is 3.63. The molecular weight excluding hydrogens is 372 g/mol. The highest BCUT2D eigenvalue weighted by atomic mass is 16.3. The van der Waals surface area contributed by atoms with Gasteiger partial charge in [0, 0.05) is 24.0 Å². The topological polar surface area (TPSA) is 62.2 Å². The monoisotopic (exact) mass is 398 g/mol. The maximum absolute atomic E-state index is 12.7. The molecule has 4 rings (SSSR count). The number of phenols is 1. The van der Waals surface area contributed by atoms with Gasteiger partial charge < -0.3 is 10.4 Å². The van der Waals surface area contributed by atoms with E-state index in [0.717, 1.165) is 11.8 Å². The number of rotatable bonds is 6. The van der Waals surface area contributed by atoms with Crippen LogP contribution < -0.4 is 5.32 Å². The second-order valence-corrected chi connectivity index (χ2v) is 6.96. The van der Waals surface area contributed by atoms with Crippen molar-refractivity contribution in [2.45, 2.75) is 19.8 Å². The number of carbonyl (C=O) groups is 1. The van der Waals surface area contributed by atoms with Crippen LogP contribution in [0.4, 0.5) is 0 Å². The lowest BCUT2D eigenvalue weighted by atomic mass is 9.88. The van der Waals surface area contributed by atoms with Gasteiger partial charge in [-0.05, 0) is 29.7 Å². The molecule has 4 aromatic rings. The van der Waals surface area contributed by atoms with Gasteiger partial charge in [0.25, 0.3) is 5.91 Å². The molecule has 0 spiro atoms. The molecule has 2 N–H and O–H groups in total. The first-order valence-corrected chi connectivity index (χ1v) is 9.69. The van der Waals surface area contributed by atoms with E-state index in [9.17, 15) is 9.90 Å². The van der Waals surface area contributed by atoms with Crippen molar-refractivity contribution in [1.82, 2.24) is 10.3 Å². The Morgan fingerprint density at radius 2 is 1.50 bits per heavy atom. The smallest absolute Gasteiger partial charge is 0.255 e. The van der Waals surface area contributed by atoms with Crippen molar-refractivity contribution in [2.75, 3.05) is 6.54 Å². The zero-order valence-corrected chi connectivity index (χ0v) is 16.0. The van der Waals surface area contributed by atoms with Gasteiger partial charge in [-0.2, -0.15) is 0 Å². The molecule has 1 heterocycles. The van der Waals surface area contributed by atoms with E-state index in [2.05, 4.69) is 34.6 Å². The molecule has 1 amide bonds. The number of carbonyl (C=O) groups excluding carboxylic acids is 1. The van der Waals surface area contributed by atoms with Crippen molar-refractivity contribution in [3.63, 3.8) is 0 Å². The molecule has 1 aromatic heterocycles. The maximum Gasteiger partial charge on any atom is 0.255 e. The van der Waals surface area contributed by atoms with Gasteiger partial charge in [0.2, 0.25) is 0 Å². The molecule has 0 bridgehead atoms. The molecule has 0 saturated carbocycles. The minimum atomic E-state index is -0.296. The van der Waals surface area contributed by atoms with Gasteiger partial charge in [-0.1, -0.05) is 80.2 Å². The van der Waals surface area contributed by atoms with Crippen LogP contribution >= 0.6 is 0 Å². The third-order valence-corrected chi connectivity index (χ3v) is 5.11. The number of fused-ring (bicyclic) bond motifs is 1. The van der Waals surface area contributed by atoms with Crippen molar-refractivity contribution >= 4 is 16.8 Å². The van der Waals surface area contributed by atoms with Crippen LogP contribution in [0.2, 0.25) is 0 Å². The third-order valence-electron chi connectivity index (χ3n) is 5.11. The fraction of sp³-hybridized carbons (Fsp3) is 0.154. The molecule has 0 fully saturated rings. The highest BCUT2D eigenvalue weighted by Gasteiger charge is 2.17. The predicted octanol–water partition coefficient (Wildman–Crippen LogP) is 5.53. The number of pyridine rings is 1. The first-order chi connectivity index (χ1) is 14.2. The average Bonchev–Trinajstić information content (AvgIpc) is 2.78. The Morgan fingerprint density at radius 3 is 2.13 bits per heavy atom. The normalized spacial score (nSPS) is 10.6. The van der Waals surface area contributed by atoms with Gasteiger partial charge in [-0.25, -0.2) is 0 Å². The van der Waals surface area contributed by atoms with Crippen LogP contribution in [0.1, 0.15) is 41.3 Å². The molecule has 4 heteroatoms. The van der Waals surface area contributed by atoms with Crippen molar-refractivity contribution in [2.24, 2.45) is 0 Å². The largest absolute Gasteiger partial charge is 0.505 e. The Hall–Kier alpha value is -3.66. The Bertz CT molecular complexity index is 1070. The SMILES string of the molecule is C.O=C(NCCC(c1ccccc1)c1ccccc1)c1ccc2cccnc2c1O. The number of nitrogens with one attached hydrogen (secondary N) is 1. The number of hydrogen-bond acceptors (Lipinski definition) is 3. The van der Waals surface area contributed by atoms with E-state index < -0.39 is 0 Å². The molecule has 3 aromatic carbocycles.